The molecule has 0 aliphatic rings. The predicted octanol–water partition coefficient (Wildman–Crippen LogP) is 4.83. The minimum atomic E-state index is 0.0830. The van der Waals surface area contributed by atoms with E-state index in [4.69, 9.17) is 11.6 Å². The summed E-state index contributed by atoms with van der Waals surface area (Å²) in [6.07, 6.45) is 4.98. The molecule has 18 heavy (non-hydrogen) atoms. The van der Waals surface area contributed by atoms with Gasteiger partial charge >= 0.3 is 0 Å². The van der Waals surface area contributed by atoms with Gasteiger partial charge in [-0.05, 0) is 18.6 Å². The van der Waals surface area contributed by atoms with Gasteiger partial charge < -0.3 is 4.98 Å². The molecule has 3 heteroatoms. The Morgan fingerprint density at radius 2 is 2.22 bits per heavy atom. The van der Waals surface area contributed by atoms with E-state index in [0.29, 0.717) is 5.02 Å². The number of fused-ring (bicyclic) bond motifs is 1. The van der Waals surface area contributed by atoms with Gasteiger partial charge in [-0.15, -0.1) is 0 Å². The Bertz CT molecular complexity index is 559. The molecule has 1 aromatic heterocycles. The topological polar surface area (TPSA) is 32.9 Å². The fraction of sp³-hybridized carbons (Fsp3) is 0.400. The van der Waals surface area contributed by atoms with Gasteiger partial charge in [0.1, 0.15) is 0 Å². The predicted molar refractivity (Wildman–Crippen MR) is 76.3 cm³/mol. The first-order chi connectivity index (χ1) is 8.63. The summed E-state index contributed by atoms with van der Waals surface area (Å²) >= 11 is 5.93. The van der Waals surface area contributed by atoms with Crippen molar-refractivity contribution in [3.63, 3.8) is 0 Å². The Labute approximate surface area is 112 Å². The molecule has 0 amide bonds. The lowest BCUT2D eigenvalue weighted by atomic mass is 9.94. The molecule has 1 aromatic carbocycles. The Kier molecular flexibility index (Phi) is 4.07. The maximum atomic E-state index is 12.4. The van der Waals surface area contributed by atoms with Crippen LogP contribution < -0.4 is 0 Å². The number of halogens is 1. The molecule has 0 aliphatic carbocycles. The molecular formula is C15H18ClNO. The van der Waals surface area contributed by atoms with Gasteiger partial charge in [-0.3, -0.25) is 4.79 Å². The largest absolute Gasteiger partial charge is 0.360 e. The Balaban J connectivity index is 2.28. The summed E-state index contributed by atoms with van der Waals surface area (Å²) in [6, 6.07) is 5.59. The van der Waals surface area contributed by atoms with Crippen molar-refractivity contribution in [1.29, 1.82) is 0 Å². The van der Waals surface area contributed by atoms with E-state index in [-0.39, 0.29) is 11.7 Å². The number of nitrogens with one attached hydrogen (secondary N) is 1. The molecule has 0 bridgehead atoms. The quantitative estimate of drug-likeness (QED) is 0.770. The highest BCUT2D eigenvalue weighted by molar-refractivity contribution is 6.31. The van der Waals surface area contributed by atoms with E-state index in [0.717, 1.165) is 35.7 Å². The average Bonchev–Trinajstić information content (AvgIpc) is 2.77. The molecule has 1 unspecified atom stereocenters. The molecule has 0 spiro atoms. The van der Waals surface area contributed by atoms with Crippen LogP contribution in [0.4, 0.5) is 0 Å². The average molecular weight is 264 g/mol. The van der Waals surface area contributed by atoms with Gasteiger partial charge in [-0.1, -0.05) is 44.4 Å². The number of aromatic amines is 1. The Morgan fingerprint density at radius 3 is 2.94 bits per heavy atom. The first-order valence-corrected chi connectivity index (χ1v) is 6.82. The molecule has 1 heterocycles. The molecule has 0 saturated carbocycles. The maximum absolute atomic E-state index is 12.4. The van der Waals surface area contributed by atoms with Crippen molar-refractivity contribution >= 4 is 28.3 Å². The second-order valence-corrected chi connectivity index (χ2v) is 5.24. The second kappa shape index (κ2) is 5.57. The summed E-state index contributed by atoms with van der Waals surface area (Å²) in [5.74, 6) is 0.302. The fourth-order valence-corrected chi connectivity index (χ4v) is 2.38. The SMILES string of the molecule is CCCCC(C)C(=O)c1c[nH]c2cc(Cl)ccc12. The van der Waals surface area contributed by atoms with E-state index in [2.05, 4.69) is 11.9 Å². The van der Waals surface area contributed by atoms with Crippen LogP contribution in [0.2, 0.25) is 5.02 Å². The molecule has 0 radical (unpaired) electrons. The number of hydrogen-bond acceptors (Lipinski definition) is 1. The van der Waals surface area contributed by atoms with Crippen molar-refractivity contribution in [2.75, 3.05) is 0 Å². The van der Waals surface area contributed by atoms with Gasteiger partial charge in [0.2, 0.25) is 0 Å². The highest BCUT2D eigenvalue weighted by Crippen LogP contribution is 2.25. The number of Topliss-reactive ketones (excluding diaryl/α,β-unsaturated/α-hetero) is 1. The smallest absolute Gasteiger partial charge is 0.167 e. The normalized spacial score (nSPS) is 12.8. The number of ketones is 1. The van der Waals surface area contributed by atoms with Crippen molar-refractivity contribution in [3.05, 3.63) is 35.0 Å². The van der Waals surface area contributed by atoms with Crippen LogP contribution in [0.3, 0.4) is 0 Å². The number of aromatic nitrogens is 1. The van der Waals surface area contributed by atoms with Crippen molar-refractivity contribution in [3.8, 4) is 0 Å². The van der Waals surface area contributed by atoms with E-state index < -0.39 is 0 Å². The first kappa shape index (κ1) is 13.2. The number of rotatable bonds is 5. The zero-order valence-corrected chi connectivity index (χ0v) is 11.6. The fourth-order valence-electron chi connectivity index (χ4n) is 2.21. The zero-order chi connectivity index (χ0) is 13.1. The third kappa shape index (κ3) is 2.59. The number of carbonyl (C=O) groups excluding carboxylic acids is 1. The number of H-pyrrole nitrogens is 1. The molecule has 2 nitrogen and oxygen atoms in total. The summed E-state index contributed by atoms with van der Waals surface area (Å²) in [7, 11) is 0. The van der Waals surface area contributed by atoms with Crippen LogP contribution in [-0.4, -0.2) is 10.8 Å². The van der Waals surface area contributed by atoms with Crippen LogP contribution in [0, 0.1) is 5.92 Å². The van der Waals surface area contributed by atoms with E-state index in [1.165, 1.54) is 0 Å². The number of hydrogen-bond donors (Lipinski definition) is 1. The Morgan fingerprint density at radius 1 is 1.44 bits per heavy atom. The van der Waals surface area contributed by atoms with Crippen molar-refractivity contribution < 1.29 is 4.79 Å². The molecular weight excluding hydrogens is 246 g/mol. The summed E-state index contributed by atoms with van der Waals surface area (Å²) < 4.78 is 0. The molecule has 1 N–H and O–H groups in total. The number of unbranched alkanes of at least 4 members (excludes halogenated alkanes) is 1. The van der Waals surface area contributed by atoms with Gasteiger partial charge in [-0.2, -0.15) is 0 Å². The summed E-state index contributed by atoms with van der Waals surface area (Å²) in [6.45, 7) is 4.15. The van der Waals surface area contributed by atoms with Crippen LogP contribution in [0.5, 0.6) is 0 Å². The van der Waals surface area contributed by atoms with E-state index >= 15 is 0 Å². The summed E-state index contributed by atoms with van der Waals surface area (Å²) in [5.41, 5.74) is 1.71. The van der Waals surface area contributed by atoms with Crippen molar-refractivity contribution in [1.82, 2.24) is 4.98 Å². The molecule has 0 aliphatic heterocycles. The van der Waals surface area contributed by atoms with Crippen LogP contribution >= 0.6 is 11.6 Å². The van der Waals surface area contributed by atoms with E-state index in [9.17, 15) is 4.79 Å². The van der Waals surface area contributed by atoms with Crippen LogP contribution in [0.15, 0.2) is 24.4 Å². The molecule has 0 fully saturated rings. The lowest BCUT2D eigenvalue weighted by molar-refractivity contribution is 0.0924. The van der Waals surface area contributed by atoms with E-state index in [1.54, 1.807) is 6.20 Å². The first-order valence-electron chi connectivity index (χ1n) is 6.44. The molecule has 2 rings (SSSR count). The zero-order valence-electron chi connectivity index (χ0n) is 10.8. The lowest BCUT2D eigenvalue weighted by Crippen LogP contribution is -2.10. The standard InChI is InChI=1S/C15H18ClNO/c1-3-4-5-10(2)15(18)13-9-17-14-8-11(16)6-7-12(13)14/h6-10,17H,3-5H2,1-2H3. The minimum Gasteiger partial charge on any atom is -0.360 e. The maximum Gasteiger partial charge on any atom is 0.167 e. The van der Waals surface area contributed by atoms with Crippen LogP contribution in [0.25, 0.3) is 10.9 Å². The van der Waals surface area contributed by atoms with Gasteiger partial charge in [0.05, 0.1) is 0 Å². The van der Waals surface area contributed by atoms with E-state index in [1.807, 2.05) is 25.1 Å². The highest BCUT2D eigenvalue weighted by Gasteiger charge is 2.18. The van der Waals surface area contributed by atoms with Gasteiger partial charge in [0.15, 0.2) is 5.78 Å². The van der Waals surface area contributed by atoms with Gasteiger partial charge in [-0.25, -0.2) is 0 Å². The molecule has 2 aromatic rings. The van der Waals surface area contributed by atoms with Gasteiger partial charge in [0.25, 0.3) is 0 Å². The number of benzene rings is 1. The highest BCUT2D eigenvalue weighted by atomic mass is 35.5. The van der Waals surface area contributed by atoms with Crippen LogP contribution in [0.1, 0.15) is 43.5 Å². The third-order valence-corrected chi connectivity index (χ3v) is 3.58. The summed E-state index contributed by atoms with van der Waals surface area (Å²) in [5, 5.41) is 1.65. The van der Waals surface area contributed by atoms with Gasteiger partial charge in [0, 0.05) is 33.6 Å². The molecule has 0 saturated heterocycles. The summed E-state index contributed by atoms with van der Waals surface area (Å²) in [4.78, 5) is 15.5. The molecule has 96 valence electrons. The second-order valence-electron chi connectivity index (χ2n) is 4.80. The lowest BCUT2D eigenvalue weighted by Gasteiger charge is -2.08. The third-order valence-electron chi connectivity index (χ3n) is 3.35. The number of carbonyl (C=O) groups is 1. The minimum absolute atomic E-state index is 0.0830. The Hall–Kier alpha value is -1.28. The molecule has 1 atom stereocenters. The monoisotopic (exact) mass is 263 g/mol. The van der Waals surface area contributed by atoms with Crippen molar-refractivity contribution in [2.24, 2.45) is 5.92 Å². The van der Waals surface area contributed by atoms with Crippen LogP contribution in [-0.2, 0) is 0 Å². The van der Waals surface area contributed by atoms with Crippen molar-refractivity contribution in [2.45, 2.75) is 33.1 Å².